The van der Waals surface area contributed by atoms with Gasteiger partial charge in [0.15, 0.2) is 0 Å². The number of hydrogen-bond acceptors (Lipinski definition) is 3. The van der Waals surface area contributed by atoms with Crippen molar-refractivity contribution in [2.75, 3.05) is 5.32 Å². The Balaban J connectivity index is 1.72. The van der Waals surface area contributed by atoms with Crippen molar-refractivity contribution in [1.29, 1.82) is 0 Å². The lowest BCUT2D eigenvalue weighted by Crippen LogP contribution is -2.24. The van der Waals surface area contributed by atoms with Crippen LogP contribution < -0.4 is 10.6 Å². The summed E-state index contributed by atoms with van der Waals surface area (Å²) in [6.07, 6.45) is 2.30. The first kappa shape index (κ1) is 20.3. The van der Waals surface area contributed by atoms with E-state index in [1.54, 1.807) is 6.07 Å². The van der Waals surface area contributed by atoms with E-state index in [9.17, 15) is 9.59 Å². The maximum atomic E-state index is 12.8. The lowest BCUT2D eigenvalue weighted by Gasteiger charge is -2.13. The standard InChI is InChI=1S/C24H25N3O2/c1-4-19-10-6-8-17(3)22(19)27-23(28)20-11-12-25-21(14-20)24(29)26-15-18-9-5-7-16(2)13-18/h5-14H,4,15H2,1-3H3,(H,26,29)(H,27,28). The highest BCUT2D eigenvalue weighted by molar-refractivity contribution is 6.06. The Morgan fingerprint density at radius 2 is 1.76 bits per heavy atom. The van der Waals surface area contributed by atoms with Crippen LogP contribution >= 0.6 is 0 Å². The summed E-state index contributed by atoms with van der Waals surface area (Å²) in [6.45, 7) is 6.42. The number of hydrogen-bond donors (Lipinski definition) is 2. The second-order valence-corrected chi connectivity index (χ2v) is 7.02. The highest BCUT2D eigenvalue weighted by Crippen LogP contribution is 2.22. The predicted molar refractivity (Wildman–Crippen MR) is 115 cm³/mol. The molecule has 0 radical (unpaired) electrons. The number of nitrogens with one attached hydrogen (secondary N) is 2. The van der Waals surface area contributed by atoms with Crippen LogP contribution in [0.3, 0.4) is 0 Å². The first-order valence-corrected chi connectivity index (χ1v) is 9.67. The minimum Gasteiger partial charge on any atom is -0.347 e. The van der Waals surface area contributed by atoms with Crippen LogP contribution in [-0.4, -0.2) is 16.8 Å². The summed E-state index contributed by atoms with van der Waals surface area (Å²) >= 11 is 0. The maximum absolute atomic E-state index is 12.8. The molecule has 0 aliphatic heterocycles. The summed E-state index contributed by atoms with van der Waals surface area (Å²) in [6, 6.07) is 17.0. The van der Waals surface area contributed by atoms with Gasteiger partial charge < -0.3 is 10.6 Å². The smallest absolute Gasteiger partial charge is 0.270 e. The quantitative estimate of drug-likeness (QED) is 0.657. The van der Waals surface area contributed by atoms with Crippen LogP contribution in [0.5, 0.6) is 0 Å². The molecule has 0 aliphatic carbocycles. The average Bonchev–Trinajstić information content (AvgIpc) is 2.73. The molecular weight excluding hydrogens is 362 g/mol. The third kappa shape index (κ3) is 5.08. The van der Waals surface area contributed by atoms with E-state index < -0.39 is 0 Å². The SMILES string of the molecule is CCc1cccc(C)c1NC(=O)c1ccnc(C(=O)NCc2cccc(C)c2)c1. The van der Waals surface area contributed by atoms with Gasteiger partial charge in [-0.05, 0) is 49.1 Å². The fourth-order valence-corrected chi connectivity index (χ4v) is 3.18. The third-order valence-corrected chi connectivity index (χ3v) is 4.77. The van der Waals surface area contributed by atoms with Gasteiger partial charge >= 0.3 is 0 Å². The predicted octanol–water partition coefficient (Wildman–Crippen LogP) is 4.44. The number of para-hydroxylation sites is 1. The highest BCUT2D eigenvalue weighted by atomic mass is 16.2. The number of pyridine rings is 1. The van der Waals surface area contributed by atoms with Crippen LogP contribution in [0.15, 0.2) is 60.8 Å². The van der Waals surface area contributed by atoms with E-state index in [-0.39, 0.29) is 17.5 Å². The lowest BCUT2D eigenvalue weighted by molar-refractivity contribution is 0.0946. The second-order valence-electron chi connectivity index (χ2n) is 7.02. The van der Waals surface area contributed by atoms with Crippen molar-refractivity contribution >= 4 is 17.5 Å². The van der Waals surface area contributed by atoms with Gasteiger partial charge in [0.2, 0.25) is 0 Å². The number of aryl methyl sites for hydroxylation is 3. The van der Waals surface area contributed by atoms with Crippen LogP contribution in [0.2, 0.25) is 0 Å². The number of amides is 2. The van der Waals surface area contributed by atoms with Gasteiger partial charge in [0.25, 0.3) is 11.8 Å². The van der Waals surface area contributed by atoms with Gasteiger partial charge in [-0.2, -0.15) is 0 Å². The molecular formula is C24H25N3O2. The Labute approximate surface area is 171 Å². The first-order valence-electron chi connectivity index (χ1n) is 9.67. The summed E-state index contributed by atoms with van der Waals surface area (Å²) in [5.74, 6) is -0.574. The fourth-order valence-electron chi connectivity index (χ4n) is 3.18. The fraction of sp³-hybridized carbons (Fsp3) is 0.208. The molecule has 5 nitrogen and oxygen atoms in total. The van der Waals surface area contributed by atoms with Gasteiger partial charge in [-0.3, -0.25) is 14.6 Å². The van der Waals surface area contributed by atoms with Crippen molar-refractivity contribution in [2.45, 2.75) is 33.7 Å². The van der Waals surface area contributed by atoms with Crippen molar-refractivity contribution in [3.63, 3.8) is 0 Å². The molecule has 0 saturated heterocycles. The van der Waals surface area contributed by atoms with Crippen LogP contribution in [0, 0.1) is 13.8 Å². The number of carbonyl (C=O) groups is 2. The van der Waals surface area contributed by atoms with E-state index in [2.05, 4.69) is 15.6 Å². The zero-order valence-corrected chi connectivity index (χ0v) is 17.0. The van der Waals surface area contributed by atoms with Gasteiger partial charge in [-0.25, -0.2) is 0 Å². The molecule has 29 heavy (non-hydrogen) atoms. The Morgan fingerprint density at radius 3 is 2.52 bits per heavy atom. The lowest BCUT2D eigenvalue weighted by atomic mass is 10.1. The molecule has 2 N–H and O–H groups in total. The van der Waals surface area contributed by atoms with E-state index in [4.69, 9.17) is 0 Å². The minimum absolute atomic E-state index is 0.214. The molecule has 0 saturated carbocycles. The Hall–Kier alpha value is -3.47. The molecule has 1 heterocycles. The molecule has 0 aliphatic rings. The van der Waals surface area contributed by atoms with Crippen LogP contribution in [0.4, 0.5) is 5.69 Å². The van der Waals surface area contributed by atoms with E-state index in [1.165, 1.54) is 12.3 Å². The molecule has 0 fully saturated rings. The zero-order chi connectivity index (χ0) is 20.8. The monoisotopic (exact) mass is 387 g/mol. The van der Waals surface area contributed by atoms with E-state index >= 15 is 0 Å². The normalized spacial score (nSPS) is 10.4. The van der Waals surface area contributed by atoms with Crippen molar-refractivity contribution in [1.82, 2.24) is 10.3 Å². The number of nitrogens with zero attached hydrogens (tertiary/aromatic N) is 1. The molecule has 148 valence electrons. The largest absolute Gasteiger partial charge is 0.347 e. The van der Waals surface area contributed by atoms with Crippen molar-refractivity contribution in [3.8, 4) is 0 Å². The zero-order valence-electron chi connectivity index (χ0n) is 17.0. The summed E-state index contributed by atoms with van der Waals surface area (Å²) in [5.41, 5.74) is 5.65. The Bertz CT molecular complexity index is 1040. The van der Waals surface area contributed by atoms with E-state index in [0.717, 1.165) is 34.4 Å². The van der Waals surface area contributed by atoms with Crippen LogP contribution in [0.25, 0.3) is 0 Å². The van der Waals surface area contributed by atoms with E-state index in [1.807, 2.05) is 63.2 Å². The van der Waals surface area contributed by atoms with Gasteiger partial charge in [0.05, 0.1) is 0 Å². The summed E-state index contributed by atoms with van der Waals surface area (Å²) in [7, 11) is 0. The van der Waals surface area contributed by atoms with Gasteiger partial charge in [0.1, 0.15) is 5.69 Å². The molecule has 0 spiro atoms. The minimum atomic E-state index is -0.314. The summed E-state index contributed by atoms with van der Waals surface area (Å²) in [5, 5.41) is 5.83. The maximum Gasteiger partial charge on any atom is 0.270 e. The van der Waals surface area contributed by atoms with E-state index in [0.29, 0.717) is 12.1 Å². The topological polar surface area (TPSA) is 71.1 Å². The molecule has 0 bridgehead atoms. The number of carbonyl (C=O) groups excluding carboxylic acids is 2. The van der Waals surface area contributed by atoms with Crippen molar-refractivity contribution < 1.29 is 9.59 Å². The van der Waals surface area contributed by atoms with Crippen molar-refractivity contribution in [2.24, 2.45) is 0 Å². The van der Waals surface area contributed by atoms with Crippen LogP contribution in [-0.2, 0) is 13.0 Å². The molecule has 3 aromatic rings. The van der Waals surface area contributed by atoms with Gasteiger partial charge in [-0.1, -0.05) is 55.0 Å². The number of benzene rings is 2. The summed E-state index contributed by atoms with van der Waals surface area (Å²) in [4.78, 5) is 29.4. The average molecular weight is 387 g/mol. The molecule has 2 amide bonds. The highest BCUT2D eigenvalue weighted by Gasteiger charge is 2.14. The molecule has 3 rings (SSSR count). The molecule has 0 atom stereocenters. The van der Waals surface area contributed by atoms with Gasteiger partial charge in [0, 0.05) is 24.0 Å². The Morgan fingerprint density at radius 1 is 0.966 bits per heavy atom. The third-order valence-electron chi connectivity index (χ3n) is 4.77. The summed E-state index contributed by atoms with van der Waals surface area (Å²) < 4.78 is 0. The molecule has 2 aromatic carbocycles. The van der Waals surface area contributed by atoms with Crippen LogP contribution in [0.1, 0.15) is 50.0 Å². The number of rotatable bonds is 6. The molecule has 5 heteroatoms. The number of aromatic nitrogens is 1. The van der Waals surface area contributed by atoms with Gasteiger partial charge in [-0.15, -0.1) is 0 Å². The molecule has 0 unspecified atom stereocenters. The second kappa shape index (κ2) is 9.15. The first-order chi connectivity index (χ1) is 14.0. The van der Waals surface area contributed by atoms with Crippen molar-refractivity contribution in [3.05, 3.63) is 94.3 Å². The molecule has 1 aromatic heterocycles. The number of anilines is 1. The Kier molecular flexibility index (Phi) is 6.39.